The van der Waals surface area contributed by atoms with Crippen LogP contribution in [-0.2, 0) is 4.79 Å². The van der Waals surface area contributed by atoms with Gasteiger partial charge in [-0.25, -0.2) is 0 Å². The molecule has 0 unspecified atom stereocenters. The summed E-state index contributed by atoms with van der Waals surface area (Å²) in [6.07, 6.45) is 19.1. The molecule has 0 bridgehead atoms. The van der Waals surface area contributed by atoms with E-state index in [1.54, 1.807) is 36.7 Å². The van der Waals surface area contributed by atoms with E-state index in [1.165, 1.54) is 0 Å². The largest absolute Gasteiger partial charge is 0.398 e. The molecule has 1 aliphatic rings. The molecule has 0 spiro atoms. The van der Waals surface area contributed by atoms with Crippen LogP contribution in [0.2, 0.25) is 0 Å². The Balaban J connectivity index is 0.00000187. The van der Waals surface area contributed by atoms with Crippen molar-refractivity contribution in [3.8, 4) is 0 Å². The number of benzene rings is 1. The first-order chi connectivity index (χ1) is 16.1. The van der Waals surface area contributed by atoms with Crippen molar-refractivity contribution in [3.05, 3.63) is 96.0 Å². The van der Waals surface area contributed by atoms with Crippen molar-refractivity contribution in [3.63, 3.8) is 0 Å². The monoisotopic (exact) mass is 443 g/mol. The molecule has 0 saturated heterocycles. The molecule has 1 amide bonds. The number of nitrogens with zero attached hydrogens (tertiary/aromatic N) is 1. The van der Waals surface area contributed by atoms with Gasteiger partial charge in [0.25, 0.3) is 0 Å². The molecule has 5 N–H and O–H groups in total. The second kappa shape index (κ2) is 14.2. The lowest BCUT2D eigenvalue weighted by molar-refractivity contribution is -0.115. The maximum atomic E-state index is 12.6. The van der Waals surface area contributed by atoms with Gasteiger partial charge >= 0.3 is 0 Å². The van der Waals surface area contributed by atoms with Gasteiger partial charge in [-0.05, 0) is 60.5 Å². The van der Waals surface area contributed by atoms with E-state index in [1.807, 2.05) is 38.3 Å². The lowest BCUT2D eigenvalue weighted by Crippen LogP contribution is -2.15. The number of allylic oxidation sites excluding steroid dienone is 4. The fourth-order valence-corrected chi connectivity index (χ4v) is 3.07. The molecule has 2 aromatic rings. The van der Waals surface area contributed by atoms with Crippen molar-refractivity contribution >= 4 is 29.1 Å². The third-order valence-electron chi connectivity index (χ3n) is 4.67. The van der Waals surface area contributed by atoms with Crippen molar-refractivity contribution in [1.82, 2.24) is 10.3 Å². The van der Waals surface area contributed by atoms with E-state index in [0.717, 1.165) is 30.5 Å². The molecule has 2 heterocycles. The number of nitrogen functional groups attached to an aromatic ring is 1. The van der Waals surface area contributed by atoms with Gasteiger partial charge in [0.15, 0.2) is 0 Å². The Kier molecular flexibility index (Phi) is 10.9. The molecule has 1 aromatic carbocycles. The third kappa shape index (κ3) is 8.99. The van der Waals surface area contributed by atoms with E-state index < -0.39 is 0 Å². The van der Waals surface area contributed by atoms with E-state index in [4.69, 9.17) is 11.1 Å². The first-order valence-electron chi connectivity index (χ1n) is 11.2. The maximum Gasteiger partial charge on any atom is 0.228 e. The first-order valence-corrected chi connectivity index (χ1v) is 11.2. The average Bonchev–Trinajstić information content (AvgIpc) is 2.84. The van der Waals surface area contributed by atoms with Crippen molar-refractivity contribution in [2.75, 3.05) is 17.6 Å². The first kappa shape index (κ1) is 25.3. The van der Waals surface area contributed by atoms with Crippen LogP contribution in [0, 0.1) is 5.41 Å². The minimum atomic E-state index is -0.109. The molecule has 33 heavy (non-hydrogen) atoms. The van der Waals surface area contributed by atoms with Crippen molar-refractivity contribution in [1.29, 1.82) is 5.41 Å². The zero-order chi connectivity index (χ0) is 23.9. The minimum Gasteiger partial charge on any atom is -0.398 e. The summed E-state index contributed by atoms with van der Waals surface area (Å²) in [5.41, 5.74) is 9.89. The molecule has 172 valence electrons. The maximum absolute atomic E-state index is 12.6. The molecule has 1 aromatic heterocycles. The Morgan fingerprint density at radius 1 is 1.21 bits per heavy atom. The Bertz CT molecular complexity index is 1040. The summed E-state index contributed by atoms with van der Waals surface area (Å²) in [4.78, 5) is 16.6. The summed E-state index contributed by atoms with van der Waals surface area (Å²) in [6.45, 7) is 4.74. The van der Waals surface area contributed by atoms with Crippen LogP contribution in [0.3, 0.4) is 0 Å². The summed E-state index contributed by atoms with van der Waals surface area (Å²) in [6, 6.07) is 8.93. The van der Waals surface area contributed by atoms with E-state index in [9.17, 15) is 4.79 Å². The topological polar surface area (TPSA) is 104 Å². The zero-order valence-electron chi connectivity index (χ0n) is 19.3. The molecule has 0 saturated carbocycles. The molecular weight excluding hydrogens is 410 g/mol. The lowest BCUT2D eigenvalue weighted by Gasteiger charge is -2.11. The summed E-state index contributed by atoms with van der Waals surface area (Å²) in [5, 5.41) is 14.5. The summed E-state index contributed by atoms with van der Waals surface area (Å²) < 4.78 is 0. The van der Waals surface area contributed by atoms with Gasteiger partial charge in [0.05, 0.1) is 5.71 Å². The number of rotatable bonds is 6. The van der Waals surface area contributed by atoms with Crippen LogP contribution in [0.25, 0.3) is 6.08 Å². The van der Waals surface area contributed by atoms with Crippen LogP contribution >= 0.6 is 0 Å². The zero-order valence-corrected chi connectivity index (χ0v) is 19.3. The normalized spacial score (nSPS) is 16.8. The van der Waals surface area contributed by atoms with Gasteiger partial charge in [-0.3, -0.25) is 9.78 Å². The van der Waals surface area contributed by atoms with Crippen LogP contribution in [-0.4, -0.2) is 23.1 Å². The highest BCUT2D eigenvalue weighted by Gasteiger charge is 2.09. The smallest absolute Gasteiger partial charge is 0.228 e. The van der Waals surface area contributed by atoms with Gasteiger partial charge in [-0.15, -0.1) is 0 Å². The quantitative estimate of drug-likeness (QED) is 0.270. The number of pyridine rings is 1. The van der Waals surface area contributed by atoms with Crippen molar-refractivity contribution in [2.45, 2.75) is 33.1 Å². The van der Waals surface area contributed by atoms with Crippen LogP contribution < -0.4 is 16.4 Å². The van der Waals surface area contributed by atoms with Gasteiger partial charge < -0.3 is 21.8 Å². The van der Waals surface area contributed by atoms with Gasteiger partial charge in [0.2, 0.25) is 5.91 Å². The van der Waals surface area contributed by atoms with Crippen LogP contribution in [0.4, 0.5) is 11.4 Å². The van der Waals surface area contributed by atoms with E-state index in [0.29, 0.717) is 23.4 Å². The number of carbonyl (C=O) groups excluding carboxylic acids is 1. The molecule has 6 heteroatoms. The SMILES string of the molecule is CC.N=C(/C=C/c1cccnc1)c1cc(NC(=O)C/C2=C/NC/C=C\C/C=C\C2)ccc1N. The second-order valence-corrected chi connectivity index (χ2v) is 7.15. The van der Waals surface area contributed by atoms with Crippen LogP contribution in [0.15, 0.2) is 84.9 Å². The number of carbonyl (C=O) groups is 1. The van der Waals surface area contributed by atoms with Crippen LogP contribution in [0.1, 0.15) is 44.2 Å². The molecule has 6 nitrogen and oxygen atoms in total. The molecule has 3 rings (SSSR count). The second-order valence-electron chi connectivity index (χ2n) is 7.15. The molecule has 0 atom stereocenters. The average molecular weight is 444 g/mol. The Morgan fingerprint density at radius 3 is 2.82 bits per heavy atom. The molecule has 0 fully saturated rings. The number of hydrogen-bond acceptors (Lipinski definition) is 5. The Hall–Kier alpha value is -3.93. The highest BCUT2D eigenvalue weighted by Crippen LogP contribution is 2.20. The fourth-order valence-electron chi connectivity index (χ4n) is 3.07. The number of nitrogens with one attached hydrogen (secondary N) is 3. The molecule has 0 aliphatic carbocycles. The fraction of sp³-hybridized carbons (Fsp3) is 0.222. The van der Waals surface area contributed by atoms with Crippen LogP contribution in [0.5, 0.6) is 0 Å². The highest BCUT2D eigenvalue weighted by atomic mass is 16.1. The molecule has 0 radical (unpaired) electrons. The lowest BCUT2D eigenvalue weighted by atomic mass is 10.1. The standard InChI is InChI=1S/C25H27N5O.C2H6/c26-23(11-9-19-8-6-14-29-17-19)22-16-21(10-12-24(22)27)30-25(31)15-20-7-4-2-1-3-5-13-28-18-20;1-2/h2-6,8-12,14,16-18,26,28H,1,7,13,15,27H2,(H,30,31);1-2H3/b4-2-,5-3-,11-9+,20-18+,26-23?;. The Morgan fingerprint density at radius 2 is 2.03 bits per heavy atom. The minimum absolute atomic E-state index is 0.109. The van der Waals surface area contributed by atoms with Gasteiger partial charge in [0, 0.05) is 42.3 Å². The number of amides is 1. The van der Waals surface area contributed by atoms with Crippen molar-refractivity contribution < 1.29 is 4.79 Å². The van der Waals surface area contributed by atoms with Gasteiger partial charge in [-0.2, -0.15) is 0 Å². The summed E-state index contributed by atoms with van der Waals surface area (Å²) >= 11 is 0. The third-order valence-corrected chi connectivity index (χ3v) is 4.67. The number of anilines is 2. The van der Waals surface area contributed by atoms with E-state index >= 15 is 0 Å². The molecule has 1 aliphatic heterocycles. The predicted molar refractivity (Wildman–Crippen MR) is 139 cm³/mol. The van der Waals surface area contributed by atoms with E-state index in [-0.39, 0.29) is 11.6 Å². The summed E-state index contributed by atoms with van der Waals surface area (Å²) in [7, 11) is 0. The number of hydrogen-bond donors (Lipinski definition) is 4. The highest BCUT2D eigenvalue weighted by molar-refractivity contribution is 6.12. The number of nitrogens with two attached hydrogens (primary N) is 1. The molecular formula is C27H33N5O. The number of aromatic nitrogens is 1. The van der Waals surface area contributed by atoms with Crippen molar-refractivity contribution in [2.24, 2.45) is 0 Å². The predicted octanol–water partition coefficient (Wildman–Crippen LogP) is 5.48. The summed E-state index contributed by atoms with van der Waals surface area (Å²) in [5.74, 6) is -0.109. The van der Waals surface area contributed by atoms with Gasteiger partial charge in [-0.1, -0.05) is 50.3 Å². The van der Waals surface area contributed by atoms with Gasteiger partial charge in [0.1, 0.15) is 0 Å². The Labute approximate surface area is 196 Å². The van der Waals surface area contributed by atoms with E-state index in [2.05, 4.69) is 39.9 Å².